The molecule has 1 aromatic rings. The topological polar surface area (TPSA) is 41.1 Å². The highest BCUT2D eigenvalue weighted by Crippen LogP contribution is 2.21. The Bertz CT molecular complexity index is 416. The summed E-state index contributed by atoms with van der Waals surface area (Å²) in [7, 11) is 0. The van der Waals surface area contributed by atoms with Crippen LogP contribution in [0.25, 0.3) is 0 Å². The second kappa shape index (κ2) is 7.56. The Morgan fingerprint density at radius 2 is 2.05 bits per heavy atom. The molecule has 1 aliphatic rings. The molecule has 1 fully saturated rings. The monoisotopic (exact) mass is 278 g/mol. The highest BCUT2D eigenvalue weighted by molar-refractivity contribution is 7.99. The summed E-state index contributed by atoms with van der Waals surface area (Å²) in [5, 5.41) is 6.22. The van der Waals surface area contributed by atoms with Crippen molar-refractivity contribution in [3.8, 4) is 0 Å². The first-order valence-electron chi connectivity index (χ1n) is 6.89. The maximum atomic E-state index is 11.8. The molecule has 1 aromatic carbocycles. The van der Waals surface area contributed by atoms with Gasteiger partial charge in [-0.05, 0) is 55.4 Å². The molecule has 3 nitrogen and oxygen atoms in total. The maximum Gasteiger partial charge on any atom is 0.238 e. The zero-order valence-electron chi connectivity index (χ0n) is 11.4. The first-order chi connectivity index (χ1) is 9.25. The van der Waals surface area contributed by atoms with Crippen LogP contribution < -0.4 is 10.6 Å². The van der Waals surface area contributed by atoms with E-state index in [2.05, 4.69) is 10.6 Å². The highest BCUT2D eigenvalue weighted by atomic mass is 32.2. The minimum atomic E-state index is 0.0412. The third-order valence-corrected chi connectivity index (χ3v) is 4.53. The molecule has 0 atom stereocenters. The number of carbonyl (C=O) groups excluding carboxylic acids is 1. The normalized spacial score (nSPS) is 16.3. The minimum absolute atomic E-state index is 0.0412. The van der Waals surface area contributed by atoms with Crippen molar-refractivity contribution in [1.82, 2.24) is 5.32 Å². The number of hydrogen-bond acceptors (Lipinski definition) is 3. The molecular weight excluding hydrogens is 256 g/mol. The van der Waals surface area contributed by atoms with Crippen LogP contribution in [0.3, 0.4) is 0 Å². The van der Waals surface area contributed by atoms with Gasteiger partial charge >= 0.3 is 0 Å². The lowest BCUT2D eigenvalue weighted by Gasteiger charge is -2.21. The molecule has 1 aliphatic heterocycles. The van der Waals surface area contributed by atoms with Crippen molar-refractivity contribution in [3.05, 3.63) is 29.8 Å². The second-order valence-corrected chi connectivity index (χ2v) is 6.27. The van der Waals surface area contributed by atoms with Crippen LogP contribution in [-0.4, -0.2) is 30.5 Å². The zero-order chi connectivity index (χ0) is 13.5. The second-order valence-electron chi connectivity index (χ2n) is 5.05. The average Bonchev–Trinajstić information content (AvgIpc) is 2.43. The van der Waals surface area contributed by atoms with Crippen LogP contribution >= 0.6 is 11.8 Å². The third-order valence-electron chi connectivity index (χ3n) is 3.48. The molecule has 2 N–H and O–H groups in total. The van der Waals surface area contributed by atoms with Crippen molar-refractivity contribution in [2.24, 2.45) is 5.92 Å². The molecule has 0 spiro atoms. The van der Waals surface area contributed by atoms with E-state index in [9.17, 15) is 4.79 Å². The van der Waals surface area contributed by atoms with E-state index in [0.29, 0.717) is 6.54 Å². The van der Waals surface area contributed by atoms with Gasteiger partial charge in [0, 0.05) is 5.69 Å². The molecule has 2 rings (SSSR count). The number of hydrogen-bond donors (Lipinski definition) is 2. The number of nitrogens with one attached hydrogen (secondary N) is 2. The van der Waals surface area contributed by atoms with E-state index in [-0.39, 0.29) is 5.91 Å². The van der Waals surface area contributed by atoms with E-state index in [1.165, 1.54) is 24.3 Å². The molecule has 104 valence electrons. The summed E-state index contributed by atoms with van der Waals surface area (Å²) < 4.78 is 0. The lowest BCUT2D eigenvalue weighted by Crippen LogP contribution is -2.33. The van der Waals surface area contributed by atoms with Crippen LogP contribution in [0.2, 0.25) is 0 Å². The number of anilines is 1. The van der Waals surface area contributed by atoms with Gasteiger partial charge in [0.15, 0.2) is 0 Å². The van der Waals surface area contributed by atoms with Crippen molar-refractivity contribution in [2.45, 2.75) is 19.8 Å². The van der Waals surface area contributed by atoms with Gasteiger partial charge in [-0.25, -0.2) is 0 Å². The molecule has 0 unspecified atom stereocenters. The molecule has 1 amide bonds. The van der Waals surface area contributed by atoms with Crippen LogP contribution in [0.4, 0.5) is 5.69 Å². The molecule has 1 heterocycles. The highest BCUT2D eigenvalue weighted by Gasteiger charge is 2.13. The molecule has 0 aromatic heterocycles. The molecule has 1 saturated heterocycles. The van der Waals surface area contributed by atoms with Crippen molar-refractivity contribution >= 4 is 23.4 Å². The fraction of sp³-hybridized carbons (Fsp3) is 0.533. The molecule has 4 heteroatoms. The Morgan fingerprint density at radius 1 is 1.32 bits per heavy atom. The summed E-state index contributed by atoms with van der Waals surface area (Å²) in [5.74, 6) is 3.32. The van der Waals surface area contributed by atoms with E-state index in [4.69, 9.17) is 0 Å². The Hall–Kier alpha value is -1.000. The zero-order valence-corrected chi connectivity index (χ0v) is 12.3. The predicted octanol–water partition coefficient (Wildman–Crippen LogP) is 2.67. The van der Waals surface area contributed by atoms with Crippen LogP contribution in [-0.2, 0) is 4.79 Å². The fourth-order valence-electron chi connectivity index (χ4n) is 2.25. The molecule has 19 heavy (non-hydrogen) atoms. The molecule has 0 aliphatic carbocycles. The van der Waals surface area contributed by atoms with Gasteiger partial charge in [-0.1, -0.05) is 18.2 Å². The van der Waals surface area contributed by atoms with Crippen LogP contribution in [0.15, 0.2) is 24.3 Å². The summed E-state index contributed by atoms with van der Waals surface area (Å²) in [6.45, 7) is 3.36. The van der Waals surface area contributed by atoms with E-state index in [1.807, 2.05) is 43.0 Å². The lowest BCUT2D eigenvalue weighted by atomic mass is 10.0. The average molecular weight is 278 g/mol. The Kier molecular flexibility index (Phi) is 5.73. The van der Waals surface area contributed by atoms with E-state index in [1.54, 1.807) is 0 Å². The van der Waals surface area contributed by atoms with Gasteiger partial charge in [0.25, 0.3) is 0 Å². The number of amides is 1. The van der Waals surface area contributed by atoms with Gasteiger partial charge in [-0.3, -0.25) is 4.79 Å². The van der Waals surface area contributed by atoms with Gasteiger partial charge in [0.1, 0.15) is 0 Å². The van der Waals surface area contributed by atoms with Gasteiger partial charge in [-0.2, -0.15) is 11.8 Å². The van der Waals surface area contributed by atoms with Crippen molar-refractivity contribution in [1.29, 1.82) is 0 Å². The molecule has 0 bridgehead atoms. The Morgan fingerprint density at radius 3 is 2.79 bits per heavy atom. The minimum Gasteiger partial charge on any atom is -0.325 e. The van der Waals surface area contributed by atoms with Crippen molar-refractivity contribution < 1.29 is 4.79 Å². The van der Waals surface area contributed by atoms with Crippen LogP contribution in [0, 0.1) is 12.8 Å². The number of carbonyl (C=O) groups is 1. The maximum absolute atomic E-state index is 11.8. The fourth-order valence-corrected chi connectivity index (χ4v) is 3.45. The van der Waals surface area contributed by atoms with Crippen molar-refractivity contribution in [2.75, 3.05) is 29.9 Å². The van der Waals surface area contributed by atoms with Crippen LogP contribution in [0.1, 0.15) is 18.4 Å². The number of thioether (sulfide) groups is 1. The number of aryl methyl sites for hydroxylation is 1. The molecule has 0 radical (unpaired) electrons. The van der Waals surface area contributed by atoms with Gasteiger partial charge in [0.05, 0.1) is 6.54 Å². The summed E-state index contributed by atoms with van der Waals surface area (Å²) in [4.78, 5) is 11.8. The van der Waals surface area contributed by atoms with Gasteiger partial charge < -0.3 is 10.6 Å². The summed E-state index contributed by atoms with van der Waals surface area (Å²) in [6, 6.07) is 7.86. The quantitative estimate of drug-likeness (QED) is 0.870. The first-order valence-corrected chi connectivity index (χ1v) is 8.05. The van der Waals surface area contributed by atoms with E-state index in [0.717, 1.165) is 23.7 Å². The first kappa shape index (κ1) is 14.4. The van der Waals surface area contributed by atoms with Crippen LogP contribution in [0.5, 0.6) is 0 Å². The molecular formula is C15H22N2OS. The van der Waals surface area contributed by atoms with E-state index < -0.39 is 0 Å². The number of benzene rings is 1. The third kappa shape index (κ3) is 4.88. The Labute approximate surface area is 119 Å². The smallest absolute Gasteiger partial charge is 0.238 e. The standard InChI is InChI=1S/C15H22N2OS/c1-12-4-2-3-5-14(12)17-15(18)11-16-10-13-6-8-19-9-7-13/h2-5,13,16H,6-11H2,1H3,(H,17,18). The van der Waals surface area contributed by atoms with E-state index >= 15 is 0 Å². The summed E-state index contributed by atoms with van der Waals surface area (Å²) in [5.41, 5.74) is 2.00. The number of para-hydroxylation sites is 1. The van der Waals surface area contributed by atoms with Gasteiger partial charge in [0.2, 0.25) is 5.91 Å². The lowest BCUT2D eigenvalue weighted by molar-refractivity contribution is -0.115. The SMILES string of the molecule is Cc1ccccc1NC(=O)CNCC1CCSCC1. The largest absolute Gasteiger partial charge is 0.325 e. The summed E-state index contributed by atoms with van der Waals surface area (Å²) >= 11 is 2.03. The predicted molar refractivity (Wildman–Crippen MR) is 82.7 cm³/mol. The molecule has 0 saturated carbocycles. The Balaban J connectivity index is 1.68. The number of rotatable bonds is 5. The summed E-state index contributed by atoms with van der Waals surface area (Å²) in [6.07, 6.45) is 2.55. The van der Waals surface area contributed by atoms with Crippen molar-refractivity contribution in [3.63, 3.8) is 0 Å². The van der Waals surface area contributed by atoms with Gasteiger partial charge in [-0.15, -0.1) is 0 Å².